The molecule has 0 aromatic heterocycles. The molecule has 0 unspecified atom stereocenters. The van der Waals surface area contributed by atoms with Crippen LogP contribution in [0.2, 0.25) is 0 Å². The van der Waals surface area contributed by atoms with E-state index in [4.69, 9.17) is 23.6 Å². The molecule has 1 aliphatic rings. The summed E-state index contributed by atoms with van der Waals surface area (Å²) in [6.07, 6.45) is 5.96. The smallest absolute Gasteiger partial charge is 0.394 e. The zero-order valence-electron chi connectivity index (χ0n) is 37.8. The molecule has 7 atom stereocenters. The second-order valence-electron chi connectivity index (χ2n) is 13.2. The molecule has 1 heterocycles. The number of carbonyl (C=O) groups is 1. The minimum absolute atomic E-state index is 0. The number of ether oxygens (including phenoxy) is 2. The van der Waals surface area contributed by atoms with Gasteiger partial charge >= 0.3 is 10.4 Å². The van der Waals surface area contributed by atoms with Gasteiger partial charge in [-0.25, -0.2) is 4.18 Å². The summed E-state index contributed by atoms with van der Waals surface area (Å²) in [5.41, 5.74) is 0. The largest absolute Gasteiger partial charge is 0.397 e. The van der Waals surface area contributed by atoms with E-state index in [0.717, 1.165) is 64.2 Å². The van der Waals surface area contributed by atoms with Gasteiger partial charge in [0.2, 0.25) is 5.91 Å². The topological polar surface area (TPSA) is 227 Å². The maximum atomic E-state index is 12.9. The maximum absolute atomic E-state index is 12.9. The molecule has 0 bridgehead atoms. The van der Waals surface area contributed by atoms with Crippen LogP contribution in [0, 0.1) is 0 Å². The van der Waals surface area contributed by atoms with Crippen LogP contribution < -0.4 is 11.5 Å². The molecular formula is C37H74N2O11S. The van der Waals surface area contributed by atoms with Crippen LogP contribution >= 0.6 is 0 Å². The molecule has 0 aromatic rings. The molecule has 0 aliphatic carbocycles. The number of rotatable bonds is 32. The van der Waals surface area contributed by atoms with E-state index in [2.05, 4.69) is 16.4 Å². The van der Waals surface area contributed by atoms with Gasteiger partial charge < -0.3 is 41.4 Å². The summed E-state index contributed by atoms with van der Waals surface area (Å²) in [6.45, 7) is -2.07. The number of carbonyl (C=O) groups excluding carboxylic acids is 1. The molecule has 0 spiro atoms. The summed E-state index contributed by atoms with van der Waals surface area (Å²) >= 11 is 0. The first kappa shape index (κ1) is 38.1. The van der Waals surface area contributed by atoms with Gasteiger partial charge in [0.25, 0.3) is 0 Å². The third kappa shape index (κ3) is 24.7. The first-order valence-corrected chi connectivity index (χ1v) is 20.1. The lowest BCUT2D eigenvalue weighted by molar-refractivity contribution is -0.298. The SMILES string of the molecule is N.[2H]C([2H])([2H])C([2H])([2H])C([2H])([2H])CCCCCCCCCC/C=C/[C@@H](O)[C@H](CO[C@@H]1O[C@H](CO)[C@H](O)[C@H](OS(=O)(=O)O)[C@H]1O)NC(=O)CCCCCCCCCCCC. The molecule has 0 saturated carbocycles. The van der Waals surface area contributed by atoms with Crippen molar-refractivity contribution in [2.75, 3.05) is 13.2 Å². The molecule has 51 heavy (non-hydrogen) atoms. The van der Waals surface area contributed by atoms with Crippen LogP contribution in [0.1, 0.15) is 171 Å². The molecule has 1 fully saturated rings. The first-order valence-electron chi connectivity index (χ1n) is 22.2. The Kier molecular flexibility index (Phi) is 23.3. The van der Waals surface area contributed by atoms with E-state index in [1.54, 1.807) is 6.08 Å². The fourth-order valence-electron chi connectivity index (χ4n) is 5.89. The van der Waals surface area contributed by atoms with Crippen molar-refractivity contribution in [1.82, 2.24) is 11.5 Å². The van der Waals surface area contributed by atoms with Crippen LogP contribution in [0.25, 0.3) is 0 Å². The summed E-state index contributed by atoms with van der Waals surface area (Å²) in [7, 11) is -5.12. The Morgan fingerprint density at radius 1 is 0.902 bits per heavy atom. The number of aliphatic hydroxyl groups is 4. The highest BCUT2D eigenvalue weighted by atomic mass is 32.3. The molecule has 0 radical (unpaired) electrons. The van der Waals surface area contributed by atoms with Crippen molar-refractivity contribution < 1.29 is 61.4 Å². The Bertz CT molecular complexity index is 1240. The molecule has 1 rings (SSSR count). The number of hydrogen-bond donors (Lipinski definition) is 7. The molecule has 1 amide bonds. The van der Waals surface area contributed by atoms with Gasteiger partial charge in [-0.2, -0.15) is 8.42 Å². The standard InChI is InChI=1S/C37H71NO11S.H3N/c1-3-5-7-9-11-13-15-16-17-18-20-22-24-26-31(40)30(38-33(41)27-25-23-21-19-14-12-10-8-6-4-2)29-47-37-35(43)36(49-50(44,45)46)34(42)32(28-39)48-37;/h24,26,30-32,34-37,39-40,42-43H,3-23,25,27-29H2,1-2H3,(H,38,41)(H,44,45,46);1H3/b26-24+;/t30-,31+,32+,34-,35+,36-,37+;/m0./s1/i1D3,3D2,5D2;. The lowest BCUT2D eigenvalue weighted by atomic mass is 9.99. The predicted octanol–water partition coefficient (Wildman–Crippen LogP) is 6.21. The summed E-state index contributed by atoms with van der Waals surface area (Å²) < 4.78 is 100. The molecule has 14 heteroatoms. The Hall–Kier alpha value is -1.20. The Labute approximate surface area is 318 Å². The van der Waals surface area contributed by atoms with Crippen molar-refractivity contribution in [3.8, 4) is 0 Å². The van der Waals surface area contributed by atoms with E-state index in [9.17, 15) is 33.6 Å². The third-order valence-corrected chi connectivity index (χ3v) is 9.32. The maximum Gasteiger partial charge on any atom is 0.397 e. The minimum atomic E-state index is -5.12. The second-order valence-corrected chi connectivity index (χ2v) is 14.3. The second kappa shape index (κ2) is 31.2. The van der Waals surface area contributed by atoms with Gasteiger partial charge in [-0.3, -0.25) is 9.35 Å². The van der Waals surface area contributed by atoms with Gasteiger partial charge in [0.05, 0.1) is 25.4 Å². The van der Waals surface area contributed by atoms with Gasteiger partial charge in [-0.15, -0.1) is 0 Å². The summed E-state index contributed by atoms with van der Waals surface area (Å²) in [6, 6.07) is -1.02. The highest BCUT2D eigenvalue weighted by molar-refractivity contribution is 7.80. The zero-order chi connectivity index (χ0) is 43.1. The van der Waals surface area contributed by atoms with Gasteiger partial charge in [0, 0.05) is 16.0 Å². The van der Waals surface area contributed by atoms with Gasteiger partial charge in [-0.1, -0.05) is 148 Å². The first-order chi connectivity index (χ1) is 26.7. The summed E-state index contributed by atoms with van der Waals surface area (Å²) in [5, 5.41) is 44.4. The average Bonchev–Trinajstić information content (AvgIpc) is 3.12. The van der Waals surface area contributed by atoms with Crippen molar-refractivity contribution in [3.05, 3.63) is 12.2 Å². The van der Waals surface area contributed by atoms with Crippen LogP contribution in [0.5, 0.6) is 0 Å². The van der Waals surface area contributed by atoms with Crippen LogP contribution in [0.4, 0.5) is 0 Å². The van der Waals surface area contributed by atoms with Crippen molar-refractivity contribution in [2.24, 2.45) is 0 Å². The molecule has 9 N–H and O–H groups in total. The fourth-order valence-corrected chi connectivity index (χ4v) is 6.40. The van der Waals surface area contributed by atoms with Crippen LogP contribution in [0.3, 0.4) is 0 Å². The molecule has 1 saturated heterocycles. The molecule has 304 valence electrons. The highest BCUT2D eigenvalue weighted by Crippen LogP contribution is 2.26. The number of hydrogen-bond acceptors (Lipinski definition) is 11. The van der Waals surface area contributed by atoms with E-state index < -0.39 is 86.1 Å². The van der Waals surface area contributed by atoms with E-state index >= 15 is 0 Å². The Balaban J connectivity index is 0.0000325. The highest BCUT2D eigenvalue weighted by Gasteiger charge is 2.48. The van der Waals surface area contributed by atoms with E-state index in [0.29, 0.717) is 25.7 Å². The quantitative estimate of drug-likeness (QED) is 0.0231. The summed E-state index contributed by atoms with van der Waals surface area (Å²) in [5.74, 6) is -0.327. The van der Waals surface area contributed by atoms with E-state index in [1.165, 1.54) is 38.2 Å². The fraction of sp³-hybridized carbons (Fsp3) is 0.919. The van der Waals surface area contributed by atoms with Crippen molar-refractivity contribution >= 4 is 16.3 Å². The molecule has 13 nitrogen and oxygen atoms in total. The molecular weight excluding hydrogens is 680 g/mol. The molecule has 1 aliphatic heterocycles. The van der Waals surface area contributed by atoms with Gasteiger partial charge in [-0.05, 0) is 19.3 Å². The average molecular weight is 762 g/mol. The van der Waals surface area contributed by atoms with Gasteiger partial charge in [0.15, 0.2) is 6.29 Å². The number of nitrogens with one attached hydrogen (secondary N) is 1. The van der Waals surface area contributed by atoms with Crippen LogP contribution in [-0.4, -0.2) is 95.4 Å². The summed E-state index contributed by atoms with van der Waals surface area (Å²) in [4.78, 5) is 12.9. The lowest BCUT2D eigenvalue weighted by Crippen LogP contribution is -2.61. The van der Waals surface area contributed by atoms with E-state index in [-0.39, 0.29) is 24.9 Å². The number of aliphatic hydroxyl groups excluding tert-OH is 4. The molecule has 0 aromatic carbocycles. The van der Waals surface area contributed by atoms with Crippen molar-refractivity contribution in [3.63, 3.8) is 0 Å². The van der Waals surface area contributed by atoms with Crippen molar-refractivity contribution in [1.29, 1.82) is 0 Å². The zero-order valence-corrected chi connectivity index (χ0v) is 31.6. The van der Waals surface area contributed by atoms with Crippen LogP contribution in [-0.2, 0) is 28.9 Å². The number of allylic oxidation sites excluding steroid dienone is 1. The van der Waals surface area contributed by atoms with Gasteiger partial charge in [0.1, 0.15) is 24.4 Å². The van der Waals surface area contributed by atoms with Crippen molar-refractivity contribution in [2.45, 2.75) is 204 Å². The van der Waals surface area contributed by atoms with Crippen LogP contribution in [0.15, 0.2) is 12.2 Å². The Morgan fingerprint density at radius 2 is 1.45 bits per heavy atom. The normalized spacial score (nSPS) is 25.0. The number of amides is 1. The third-order valence-electron chi connectivity index (χ3n) is 8.85. The Morgan fingerprint density at radius 3 is 2.00 bits per heavy atom. The predicted molar refractivity (Wildman–Crippen MR) is 200 cm³/mol. The number of unbranched alkanes of at least 4 members (excludes halogenated alkanes) is 17. The minimum Gasteiger partial charge on any atom is -0.394 e. The van der Waals surface area contributed by atoms with E-state index in [1.807, 2.05) is 0 Å². The lowest BCUT2D eigenvalue weighted by Gasteiger charge is -2.41. The monoisotopic (exact) mass is 762 g/mol.